The van der Waals surface area contributed by atoms with Crippen molar-refractivity contribution in [2.45, 2.75) is 33.6 Å². The molecule has 0 unspecified atom stereocenters. The van der Waals surface area contributed by atoms with E-state index in [2.05, 4.69) is 46.6 Å². The van der Waals surface area contributed by atoms with Crippen LogP contribution in [0.3, 0.4) is 0 Å². The molecule has 0 amide bonds. The van der Waals surface area contributed by atoms with E-state index in [4.69, 9.17) is 0 Å². The van der Waals surface area contributed by atoms with Gasteiger partial charge >= 0.3 is 0 Å². The van der Waals surface area contributed by atoms with Crippen LogP contribution in [0.25, 0.3) is 0 Å². The van der Waals surface area contributed by atoms with Crippen molar-refractivity contribution < 1.29 is 0 Å². The topological polar surface area (TPSA) is 16.1 Å². The number of rotatable bonds is 1. The second kappa shape index (κ2) is 4.36. The lowest BCUT2D eigenvalue weighted by atomic mass is 9.83. The Morgan fingerprint density at radius 1 is 1.31 bits per heavy atom. The van der Waals surface area contributed by atoms with Gasteiger partial charge in [-0.15, -0.1) is 0 Å². The lowest BCUT2D eigenvalue weighted by Crippen LogP contribution is -2.38. The molecule has 2 rings (SSSR count). The summed E-state index contributed by atoms with van der Waals surface area (Å²) in [5, 5.41) is 0. The molecule has 0 spiro atoms. The van der Waals surface area contributed by atoms with Crippen LogP contribution in [0.4, 0.5) is 5.82 Å². The molecule has 0 saturated carbocycles. The highest BCUT2D eigenvalue weighted by atomic mass is 79.9. The lowest BCUT2D eigenvalue weighted by Gasteiger charge is -2.38. The summed E-state index contributed by atoms with van der Waals surface area (Å²) in [6.45, 7) is 9.04. The van der Waals surface area contributed by atoms with E-state index >= 15 is 0 Å². The van der Waals surface area contributed by atoms with Crippen LogP contribution in [0.1, 0.15) is 32.3 Å². The van der Waals surface area contributed by atoms with E-state index in [0.29, 0.717) is 5.41 Å². The largest absolute Gasteiger partial charge is 0.356 e. The van der Waals surface area contributed by atoms with Gasteiger partial charge in [-0.2, -0.15) is 0 Å². The number of hydrogen-bond donors (Lipinski definition) is 0. The molecule has 2 heterocycles. The summed E-state index contributed by atoms with van der Waals surface area (Å²) in [5.41, 5.74) is 1.75. The van der Waals surface area contributed by atoms with Crippen molar-refractivity contribution >= 4 is 21.7 Å². The van der Waals surface area contributed by atoms with Gasteiger partial charge in [0, 0.05) is 19.3 Å². The zero-order valence-corrected chi connectivity index (χ0v) is 11.8. The van der Waals surface area contributed by atoms with Gasteiger partial charge in [-0.25, -0.2) is 4.98 Å². The van der Waals surface area contributed by atoms with Gasteiger partial charge in [-0.1, -0.05) is 13.8 Å². The minimum atomic E-state index is 0.493. The maximum Gasteiger partial charge on any atom is 0.143 e. The number of nitrogens with zero attached hydrogens (tertiary/aromatic N) is 2. The number of hydrogen-bond acceptors (Lipinski definition) is 2. The second-order valence-electron chi connectivity index (χ2n) is 5.42. The zero-order chi connectivity index (χ0) is 11.8. The highest BCUT2D eigenvalue weighted by Crippen LogP contribution is 2.34. The van der Waals surface area contributed by atoms with Crippen molar-refractivity contribution in [3.8, 4) is 0 Å². The summed E-state index contributed by atoms with van der Waals surface area (Å²) in [6, 6.07) is 2.04. The second-order valence-corrected chi connectivity index (χ2v) is 6.21. The molecule has 0 bridgehead atoms. The number of aromatic nitrogens is 1. The molecule has 88 valence electrons. The molecular weight excluding hydrogens is 264 g/mol. The molecule has 0 radical (unpaired) electrons. The van der Waals surface area contributed by atoms with Crippen LogP contribution in [0, 0.1) is 12.3 Å². The summed E-state index contributed by atoms with van der Waals surface area (Å²) >= 11 is 3.64. The van der Waals surface area contributed by atoms with Gasteiger partial charge in [-0.05, 0) is 52.7 Å². The SMILES string of the molecule is Cc1ccnc(N2CCC(C)(C)CC2)c1Br. The molecule has 2 nitrogen and oxygen atoms in total. The fourth-order valence-electron chi connectivity index (χ4n) is 2.07. The van der Waals surface area contributed by atoms with E-state index in [1.54, 1.807) is 0 Å². The van der Waals surface area contributed by atoms with Gasteiger partial charge in [-0.3, -0.25) is 0 Å². The number of aryl methyl sites for hydroxylation is 1. The van der Waals surface area contributed by atoms with E-state index < -0.39 is 0 Å². The third-order valence-electron chi connectivity index (χ3n) is 3.48. The van der Waals surface area contributed by atoms with Gasteiger partial charge < -0.3 is 4.90 Å². The molecule has 1 aromatic heterocycles. The Bertz CT molecular complexity index is 378. The average Bonchev–Trinajstić information content (AvgIpc) is 2.23. The average molecular weight is 283 g/mol. The minimum Gasteiger partial charge on any atom is -0.356 e. The molecule has 0 atom stereocenters. The Kier molecular flexibility index (Phi) is 3.24. The summed E-state index contributed by atoms with van der Waals surface area (Å²) < 4.78 is 1.15. The van der Waals surface area contributed by atoms with Crippen molar-refractivity contribution in [2.75, 3.05) is 18.0 Å². The summed E-state index contributed by atoms with van der Waals surface area (Å²) in [7, 11) is 0. The molecule has 1 aliphatic rings. The van der Waals surface area contributed by atoms with Crippen LogP contribution in [-0.4, -0.2) is 18.1 Å². The van der Waals surface area contributed by atoms with Crippen molar-refractivity contribution in [2.24, 2.45) is 5.41 Å². The molecule has 1 saturated heterocycles. The quantitative estimate of drug-likeness (QED) is 0.779. The first kappa shape index (κ1) is 11.9. The summed E-state index contributed by atoms with van der Waals surface area (Å²) in [4.78, 5) is 6.88. The molecule has 0 aliphatic carbocycles. The van der Waals surface area contributed by atoms with Crippen LogP contribution in [-0.2, 0) is 0 Å². The highest BCUT2D eigenvalue weighted by molar-refractivity contribution is 9.10. The first-order valence-corrected chi connectivity index (χ1v) is 6.65. The Labute approximate surface area is 106 Å². The predicted octanol–water partition coefficient (Wildman–Crippen LogP) is 3.78. The first-order valence-electron chi connectivity index (χ1n) is 5.86. The van der Waals surface area contributed by atoms with Crippen LogP contribution in [0.2, 0.25) is 0 Å². The van der Waals surface area contributed by atoms with E-state index in [-0.39, 0.29) is 0 Å². The van der Waals surface area contributed by atoms with Crippen molar-refractivity contribution in [3.63, 3.8) is 0 Å². The monoisotopic (exact) mass is 282 g/mol. The van der Waals surface area contributed by atoms with Crippen LogP contribution >= 0.6 is 15.9 Å². The standard InChI is InChI=1S/C13H19BrN2/c1-10-4-7-15-12(11(10)14)16-8-5-13(2,3)6-9-16/h4,7H,5-6,8-9H2,1-3H3. The molecule has 0 N–H and O–H groups in total. The maximum atomic E-state index is 4.49. The van der Waals surface area contributed by atoms with E-state index in [0.717, 1.165) is 23.4 Å². The predicted molar refractivity (Wildman–Crippen MR) is 71.9 cm³/mol. The molecule has 3 heteroatoms. The van der Waals surface area contributed by atoms with Gasteiger partial charge in [0.2, 0.25) is 0 Å². The fraction of sp³-hybridized carbons (Fsp3) is 0.615. The lowest BCUT2D eigenvalue weighted by molar-refractivity contribution is 0.279. The van der Waals surface area contributed by atoms with Gasteiger partial charge in [0.05, 0.1) is 4.47 Å². The fourth-order valence-corrected chi connectivity index (χ4v) is 2.56. The van der Waals surface area contributed by atoms with Gasteiger partial charge in [0.25, 0.3) is 0 Å². The molecule has 1 aliphatic heterocycles. The molecule has 1 fully saturated rings. The van der Waals surface area contributed by atoms with Crippen molar-refractivity contribution in [1.29, 1.82) is 0 Å². The highest BCUT2D eigenvalue weighted by Gasteiger charge is 2.26. The molecule has 1 aromatic rings. The Morgan fingerprint density at radius 2 is 1.94 bits per heavy atom. The zero-order valence-electron chi connectivity index (χ0n) is 10.3. The maximum absolute atomic E-state index is 4.49. The van der Waals surface area contributed by atoms with E-state index in [1.807, 2.05) is 12.3 Å². The number of piperidine rings is 1. The van der Waals surface area contributed by atoms with Crippen molar-refractivity contribution in [1.82, 2.24) is 4.98 Å². The third-order valence-corrected chi connectivity index (χ3v) is 4.46. The Balaban J connectivity index is 2.17. The van der Waals surface area contributed by atoms with Gasteiger partial charge in [0.1, 0.15) is 5.82 Å². The van der Waals surface area contributed by atoms with Gasteiger partial charge in [0.15, 0.2) is 0 Å². The van der Waals surface area contributed by atoms with Crippen LogP contribution in [0.5, 0.6) is 0 Å². The van der Waals surface area contributed by atoms with E-state index in [1.165, 1.54) is 18.4 Å². The summed E-state index contributed by atoms with van der Waals surface area (Å²) in [5.74, 6) is 1.11. The molecule has 16 heavy (non-hydrogen) atoms. The van der Waals surface area contributed by atoms with Crippen LogP contribution in [0.15, 0.2) is 16.7 Å². The van der Waals surface area contributed by atoms with Crippen LogP contribution < -0.4 is 4.90 Å². The smallest absolute Gasteiger partial charge is 0.143 e. The molecular formula is C13H19BrN2. The summed E-state index contributed by atoms with van der Waals surface area (Å²) in [6.07, 6.45) is 4.39. The normalized spacial score (nSPS) is 19.9. The van der Waals surface area contributed by atoms with Crippen molar-refractivity contribution in [3.05, 3.63) is 22.3 Å². The Morgan fingerprint density at radius 3 is 2.56 bits per heavy atom. The Hall–Kier alpha value is -0.570. The number of anilines is 1. The number of halogens is 1. The minimum absolute atomic E-state index is 0.493. The van der Waals surface area contributed by atoms with E-state index in [9.17, 15) is 0 Å². The molecule has 0 aromatic carbocycles. The number of pyridine rings is 1. The first-order chi connectivity index (χ1) is 7.49. The third kappa shape index (κ3) is 2.40.